The molecular weight excluding hydrogens is 240 g/mol. The summed E-state index contributed by atoms with van der Waals surface area (Å²) in [5.41, 5.74) is 6.97. The number of aliphatic hydroxyl groups excluding tert-OH is 1. The van der Waals surface area contributed by atoms with Gasteiger partial charge in [0.25, 0.3) is 0 Å². The lowest BCUT2D eigenvalue weighted by molar-refractivity contribution is -0.123. The van der Waals surface area contributed by atoms with Gasteiger partial charge in [-0.1, -0.05) is 43.2 Å². The van der Waals surface area contributed by atoms with Gasteiger partial charge >= 0.3 is 0 Å². The third kappa shape index (κ3) is 4.04. The van der Waals surface area contributed by atoms with Crippen molar-refractivity contribution in [3.63, 3.8) is 0 Å². The molecule has 1 aromatic carbocycles. The summed E-state index contributed by atoms with van der Waals surface area (Å²) in [7, 11) is 0. The first-order valence-corrected chi connectivity index (χ1v) is 6.95. The fraction of sp³-hybridized carbons (Fsp3) is 0.533. The SMILES string of the molecule is NC(CC(=O)N[C@H]1CCCC[C@@H]1O)c1ccccc1. The number of carbonyl (C=O) groups is 1. The Kier molecular flexibility index (Phi) is 4.93. The van der Waals surface area contributed by atoms with E-state index in [1.165, 1.54) is 0 Å². The number of nitrogens with one attached hydrogen (secondary N) is 1. The molecule has 3 atom stereocenters. The first kappa shape index (κ1) is 14.0. The van der Waals surface area contributed by atoms with Crippen LogP contribution in [0.25, 0.3) is 0 Å². The van der Waals surface area contributed by atoms with Crippen LogP contribution in [0.4, 0.5) is 0 Å². The van der Waals surface area contributed by atoms with Gasteiger partial charge in [-0.3, -0.25) is 4.79 Å². The number of carbonyl (C=O) groups excluding carboxylic acids is 1. The third-order valence-corrected chi connectivity index (χ3v) is 3.71. The zero-order valence-corrected chi connectivity index (χ0v) is 11.1. The fourth-order valence-electron chi connectivity index (χ4n) is 2.56. The van der Waals surface area contributed by atoms with E-state index in [2.05, 4.69) is 5.32 Å². The summed E-state index contributed by atoms with van der Waals surface area (Å²) in [6.45, 7) is 0. The Morgan fingerprint density at radius 2 is 2.00 bits per heavy atom. The molecule has 4 N–H and O–H groups in total. The van der Waals surface area contributed by atoms with Gasteiger partial charge in [-0.05, 0) is 18.4 Å². The lowest BCUT2D eigenvalue weighted by atomic mass is 9.92. The predicted molar refractivity (Wildman–Crippen MR) is 74.4 cm³/mol. The number of amides is 1. The van der Waals surface area contributed by atoms with E-state index in [1.54, 1.807) is 0 Å². The summed E-state index contributed by atoms with van der Waals surface area (Å²) in [4.78, 5) is 11.9. The predicted octanol–water partition coefficient (Wildman–Crippen LogP) is 1.50. The summed E-state index contributed by atoms with van der Waals surface area (Å²) in [5.74, 6) is -0.0812. The summed E-state index contributed by atoms with van der Waals surface area (Å²) >= 11 is 0. The first-order valence-electron chi connectivity index (χ1n) is 6.95. The van der Waals surface area contributed by atoms with E-state index in [0.29, 0.717) is 0 Å². The van der Waals surface area contributed by atoms with E-state index in [4.69, 9.17) is 5.73 Å². The van der Waals surface area contributed by atoms with Gasteiger partial charge in [-0.25, -0.2) is 0 Å². The monoisotopic (exact) mass is 262 g/mol. The molecule has 0 spiro atoms. The largest absolute Gasteiger partial charge is 0.391 e. The number of benzene rings is 1. The highest BCUT2D eigenvalue weighted by molar-refractivity contribution is 5.77. The molecule has 4 heteroatoms. The Hall–Kier alpha value is -1.39. The molecule has 19 heavy (non-hydrogen) atoms. The van der Waals surface area contributed by atoms with Gasteiger partial charge < -0.3 is 16.2 Å². The van der Waals surface area contributed by atoms with Crippen molar-refractivity contribution < 1.29 is 9.90 Å². The maximum absolute atomic E-state index is 11.9. The fourth-order valence-corrected chi connectivity index (χ4v) is 2.56. The highest BCUT2D eigenvalue weighted by atomic mass is 16.3. The number of aliphatic hydroxyl groups is 1. The highest BCUT2D eigenvalue weighted by Gasteiger charge is 2.25. The number of nitrogens with two attached hydrogens (primary N) is 1. The number of rotatable bonds is 4. The van der Waals surface area contributed by atoms with Gasteiger partial charge in [-0.15, -0.1) is 0 Å². The average molecular weight is 262 g/mol. The average Bonchev–Trinajstić information content (AvgIpc) is 2.42. The number of hydrogen-bond acceptors (Lipinski definition) is 3. The van der Waals surface area contributed by atoms with Crippen LogP contribution in [0.1, 0.15) is 43.7 Å². The van der Waals surface area contributed by atoms with Gasteiger partial charge in [0.05, 0.1) is 12.1 Å². The van der Waals surface area contributed by atoms with Crippen molar-refractivity contribution in [3.8, 4) is 0 Å². The lowest BCUT2D eigenvalue weighted by Gasteiger charge is -2.28. The lowest BCUT2D eigenvalue weighted by Crippen LogP contribution is -2.45. The molecule has 0 aliphatic heterocycles. The Balaban J connectivity index is 1.84. The summed E-state index contributed by atoms with van der Waals surface area (Å²) in [6.07, 6.45) is 3.57. The Bertz CT molecular complexity index is 408. The molecule has 1 fully saturated rings. The van der Waals surface area contributed by atoms with Crippen molar-refractivity contribution in [1.82, 2.24) is 5.32 Å². The minimum atomic E-state index is -0.411. The molecule has 1 aliphatic rings. The van der Waals surface area contributed by atoms with Crippen LogP contribution < -0.4 is 11.1 Å². The van der Waals surface area contributed by atoms with Crippen LogP contribution in [-0.2, 0) is 4.79 Å². The standard InChI is InChI=1S/C15H22N2O2/c16-12(11-6-2-1-3-7-11)10-15(19)17-13-8-4-5-9-14(13)18/h1-3,6-7,12-14,18H,4-5,8-10,16H2,(H,17,19)/t12?,13-,14-/m0/s1. The van der Waals surface area contributed by atoms with E-state index >= 15 is 0 Å². The molecule has 4 nitrogen and oxygen atoms in total. The molecule has 2 rings (SSSR count). The van der Waals surface area contributed by atoms with Crippen molar-refractivity contribution in [2.45, 2.75) is 50.3 Å². The smallest absolute Gasteiger partial charge is 0.222 e. The second-order valence-electron chi connectivity index (χ2n) is 5.25. The normalized spacial score (nSPS) is 24.7. The van der Waals surface area contributed by atoms with Gasteiger partial charge in [-0.2, -0.15) is 0 Å². The first-order chi connectivity index (χ1) is 9.16. The van der Waals surface area contributed by atoms with Crippen LogP contribution in [0.3, 0.4) is 0 Å². The summed E-state index contributed by atoms with van der Waals surface area (Å²) < 4.78 is 0. The van der Waals surface area contributed by atoms with Crippen LogP contribution in [0.2, 0.25) is 0 Å². The molecule has 1 unspecified atom stereocenters. The molecule has 1 aromatic rings. The van der Waals surface area contributed by atoms with E-state index in [-0.39, 0.29) is 24.4 Å². The molecular formula is C15H22N2O2. The summed E-state index contributed by atoms with van der Waals surface area (Å²) in [5, 5.41) is 12.7. The van der Waals surface area contributed by atoms with Crippen LogP contribution >= 0.6 is 0 Å². The van der Waals surface area contributed by atoms with Crippen LogP contribution in [0.5, 0.6) is 0 Å². The second kappa shape index (κ2) is 6.68. The molecule has 0 heterocycles. The maximum atomic E-state index is 11.9. The van der Waals surface area contributed by atoms with E-state index in [9.17, 15) is 9.90 Å². The summed E-state index contributed by atoms with van der Waals surface area (Å²) in [6, 6.07) is 9.21. The maximum Gasteiger partial charge on any atom is 0.222 e. The molecule has 0 bridgehead atoms. The Morgan fingerprint density at radius 1 is 1.32 bits per heavy atom. The van der Waals surface area contributed by atoms with Gasteiger partial charge in [0.1, 0.15) is 0 Å². The second-order valence-corrected chi connectivity index (χ2v) is 5.25. The topological polar surface area (TPSA) is 75.4 Å². The van der Waals surface area contributed by atoms with E-state index in [1.807, 2.05) is 30.3 Å². The third-order valence-electron chi connectivity index (χ3n) is 3.71. The Labute approximate surface area is 114 Å². The molecule has 0 aromatic heterocycles. The van der Waals surface area contributed by atoms with Crippen molar-refractivity contribution in [3.05, 3.63) is 35.9 Å². The quantitative estimate of drug-likeness (QED) is 0.769. The van der Waals surface area contributed by atoms with Crippen molar-refractivity contribution in [2.24, 2.45) is 5.73 Å². The molecule has 1 saturated carbocycles. The van der Waals surface area contributed by atoms with Gasteiger partial charge in [0, 0.05) is 12.5 Å². The van der Waals surface area contributed by atoms with E-state index in [0.717, 1.165) is 31.2 Å². The molecule has 0 saturated heterocycles. The van der Waals surface area contributed by atoms with Crippen LogP contribution in [-0.4, -0.2) is 23.2 Å². The van der Waals surface area contributed by atoms with E-state index < -0.39 is 6.10 Å². The molecule has 1 aliphatic carbocycles. The van der Waals surface area contributed by atoms with Crippen molar-refractivity contribution in [1.29, 1.82) is 0 Å². The van der Waals surface area contributed by atoms with Crippen LogP contribution in [0.15, 0.2) is 30.3 Å². The zero-order valence-electron chi connectivity index (χ0n) is 11.1. The van der Waals surface area contributed by atoms with Gasteiger partial charge in [0.15, 0.2) is 0 Å². The molecule has 1 amide bonds. The minimum Gasteiger partial charge on any atom is -0.391 e. The molecule has 104 valence electrons. The van der Waals surface area contributed by atoms with Crippen molar-refractivity contribution >= 4 is 5.91 Å². The highest BCUT2D eigenvalue weighted by Crippen LogP contribution is 2.19. The minimum absolute atomic E-state index is 0.0812. The zero-order chi connectivity index (χ0) is 13.7. The van der Waals surface area contributed by atoms with Crippen molar-refractivity contribution in [2.75, 3.05) is 0 Å². The molecule has 0 radical (unpaired) electrons. The Morgan fingerprint density at radius 3 is 2.68 bits per heavy atom. The number of hydrogen-bond donors (Lipinski definition) is 3. The van der Waals surface area contributed by atoms with Gasteiger partial charge in [0.2, 0.25) is 5.91 Å². The van der Waals surface area contributed by atoms with Crippen LogP contribution in [0, 0.1) is 0 Å².